The van der Waals surface area contributed by atoms with Crippen LogP contribution in [0, 0.1) is 0 Å². The largest absolute Gasteiger partial charge is 0.411 e. The summed E-state index contributed by atoms with van der Waals surface area (Å²) in [5, 5.41) is 0. The molecule has 0 aliphatic heterocycles. The summed E-state index contributed by atoms with van der Waals surface area (Å²) in [6.45, 7) is 1.14. The molecule has 0 aliphatic carbocycles. The SMILES string of the molecule is CCC(Br)CCCCOCC(F)(F)F. The Bertz CT molecular complexity index is 139. The predicted molar refractivity (Wildman–Crippen MR) is 53.7 cm³/mol. The van der Waals surface area contributed by atoms with E-state index in [1.165, 1.54) is 0 Å². The van der Waals surface area contributed by atoms with E-state index >= 15 is 0 Å². The minimum Gasteiger partial charge on any atom is -0.372 e. The monoisotopic (exact) mass is 276 g/mol. The standard InChI is InChI=1S/C9H16BrF3O/c1-2-8(10)5-3-4-6-14-7-9(11,12)13/h8H,2-7H2,1H3. The molecule has 1 unspecified atom stereocenters. The van der Waals surface area contributed by atoms with Crippen molar-refractivity contribution in [1.82, 2.24) is 0 Å². The second-order valence-electron chi connectivity index (χ2n) is 3.17. The van der Waals surface area contributed by atoms with E-state index in [1.807, 2.05) is 0 Å². The molecule has 0 saturated heterocycles. The summed E-state index contributed by atoms with van der Waals surface area (Å²) in [5.74, 6) is 0. The first-order valence-corrected chi connectivity index (χ1v) is 5.66. The van der Waals surface area contributed by atoms with Crippen molar-refractivity contribution in [3.8, 4) is 0 Å². The van der Waals surface area contributed by atoms with Gasteiger partial charge in [0.15, 0.2) is 0 Å². The molecular formula is C9H16BrF3O. The highest BCUT2D eigenvalue weighted by molar-refractivity contribution is 9.09. The Kier molecular flexibility index (Phi) is 7.64. The van der Waals surface area contributed by atoms with E-state index in [-0.39, 0.29) is 6.61 Å². The maximum atomic E-state index is 11.6. The maximum absolute atomic E-state index is 11.6. The quantitative estimate of drug-likeness (QED) is 0.506. The van der Waals surface area contributed by atoms with E-state index in [4.69, 9.17) is 0 Å². The van der Waals surface area contributed by atoms with Gasteiger partial charge in [0.25, 0.3) is 0 Å². The molecule has 0 amide bonds. The van der Waals surface area contributed by atoms with E-state index in [1.54, 1.807) is 0 Å². The van der Waals surface area contributed by atoms with E-state index < -0.39 is 12.8 Å². The Morgan fingerprint density at radius 1 is 1.29 bits per heavy atom. The van der Waals surface area contributed by atoms with E-state index in [9.17, 15) is 13.2 Å². The van der Waals surface area contributed by atoms with Crippen LogP contribution in [0.2, 0.25) is 0 Å². The lowest BCUT2D eigenvalue weighted by Gasteiger charge is -2.08. The predicted octanol–water partition coefficient (Wildman–Crippen LogP) is 3.91. The molecule has 5 heteroatoms. The van der Waals surface area contributed by atoms with Gasteiger partial charge in [0.2, 0.25) is 0 Å². The molecule has 0 radical (unpaired) electrons. The lowest BCUT2D eigenvalue weighted by molar-refractivity contribution is -0.174. The van der Waals surface area contributed by atoms with Crippen LogP contribution in [0.5, 0.6) is 0 Å². The number of hydrogen-bond donors (Lipinski definition) is 0. The summed E-state index contributed by atoms with van der Waals surface area (Å²) in [6.07, 6.45) is -0.559. The van der Waals surface area contributed by atoms with Gasteiger partial charge in [-0.2, -0.15) is 13.2 Å². The molecule has 0 saturated carbocycles. The molecule has 14 heavy (non-hydrogen) atoms. The van der Waals surface area contributed by atoms with Crippen LogP contribution >= 0.6 is 15.9 Å². The Hall–Kier alpha value is 0.230. The smallest absolute Gasteiger partial charge is 0.372 e. The highest BCUT2D eigenvalue weighted by atomic mass is 79.9. The van der Waals surface area contributed by atoms with Crippen molar-refractivity contribution >= 4 is 15.9 Å². The zero-order chi connectivity index (χ0) is 11.0. The van der Waals surface area contributed by atoms with Gasteiger partial charge >= 0.3 is 6.18 Å². The molecular weight excluding hydrogens is 261 g/mol. The van der Waals surface area contributed by atoms with Crippen LogP contribution in [0.4, 0.5) is 13.2 Å². The average Bonchev–Trinajstić information content (AvgIpc) is 2.08. The van der Waals surface area contributed by atoms with Gasteiger partial charge in [0.05, 0.1) is 0 Å². The third-order valence-electron chi connectivity index (χ3n) is 1.76. The Morgan fingerprint density at radius 3 is 2.43 bits per heavy atom. The first kappa shape index (κ1) is 14.2. The Morgan fingerprint density at radius 2 is 1.93 bits per heavy atom. The summed E-state index contributed by atoms with van der Waals surface area (Å²) >= 11 is 3.46. The number of unbranched alkanes of at least 4 members (excludes halogenated alkanes) is 1. The molecule has 0 heterocycles. The molecule has 1 nitrogen and oxygen atoms in total. The van der Waals surface area contributed by atoms with Gasteiger partial charge in [-0.3, -0.25) is 0 Å². The topological polar surface area (TPSA) is 9.23 Å². The van der Waals surface area contributed by atoms with Crippen molar-refractivity contribution in [2.24, 2.45) is 0 Å². The van der Waals surface area contributed by atoms with Crippen LogP contribution < -0.4 is 0 Å². The van der Waals surface area contributed by atoms with Gasteiger partial charge in [-0.05, 0) is 19.3 Å². The van der Waals surface area contributed by atoms with Crippen molar-refractivity contribution in [3.63, 3.8) is 0 Å². The van der Waals surface area contributed by atoms with E-state index in [2.05, 4.69) is 27.6 Å². The number of ether oxygens (including phenoxy) is 1. The van der Waals surface area contributed by atoms with Gasteiger partial charge in [-0.1, -0.05) is 29.3 Å². The minimum atomic E-state index is -4.19. The van der Waals surface area contributed by atoms with Crippen LogP contribution in [0.15, 0.2) is 0 Å². The maximum Gasteiger partial charge on any atom is 0.411 e. The first-order valence-electron chi connectivity index (χ1n) is 4.74. The van der Waals surface area contributed by atoms with Crippen molar-refractivity contribution in [2.45, 2.75) is 43.6 Å². The lowest BCUT2D eigenvalue weighted by Crippen LogP contribution is -2.17. The second kappa shape index (κ2) is 7.51. The van der Waals surface area contributed by atoms with Crippen molar-refractivity contribution in [1.29, 1.82) is 0 Å². The summed E-state index contributed by atoms with van der Waals surface area (Å²) in [4.78, 5) is 0.477. The molecule has 0 aromatic rings. The number of hydrogen-bond acceptors (Lipinski definition) is 1. The fourth-order valence-corrected chi connectivity index (χ4v) is 1.29. The van der Waals surface area contributed by atoms with Gasteiger partial charge < -0.3 is 4.74 Å². The molecule has 0 aromatic heterocycles. The Labute approximate surface area is 91.1 Å². The van der Waals surface area contributed by atoms with Crippen molar-refractivity contribution in [2.75, 3.05) is 13.2 Å². The zero-order valence-electron chi connectivity index (χ0n) is 8.24. The number of alkyl halides is 4. The molecule has 0 bridgehead atoms. The summed E-state index contributed by atoms with van der Waals surface area (Å²) < 4.78 is 39.3. The van der Waals surface area contributed by atoms with Crippen LogP contribution in [0.25, 0.3) is 0 Å². The summed E-state index contributed by atoms with van der Waals surface area (Å²) in [5.41, 5.74) is 0. The van der Waals surface area contributed by atoms with Crippen molar-refractivity contribution in [3.05, 3.63) is 0 Å². The highest BCUT2D eigenvalue weighted by Crippen LogP contribution is 2.15. The molecule has 0 fully saturated rings. The van der Waals surface area contributed by atoms with Crippen LogP contribution in [0.1, 0.15) is 32.6 Å². The highest BCUT2D eigenvalue weighted by Gasteiger charge is 2.27. The molecule has 0 rings (SSSR count). The molecule has 1 atom stereocenters. The van der Waals surface area contributed by atoms with E-state index in [0.717, 1.165) is 19.3 Å². The summed E-state index contributed by atoms with van der Waals surface area (Å²) in [7, 11) is 0. The fraction of sp³-hybridized carbons (Fsp3) is 1.00. The normalized spacial score (nSPS) is 14.4. The average molecular weight is 277 g/mol. The van der Waals surface area contributed by atoms with Gasteiger partial charge in [-0.15, -0.1) is 0 Å². The minimum absolute atomic E-state index is 0.197. The van der Waals surface area contributed by atoms with E-state index in [0.29, 0.717) is 11.2 Å². The zero-order valence-corrected chi connectivity index (χ0v) is 9.83. The molecule has 86 valence electrons. The van der Waals surface area contributed by atoms with Gasteiger partial charge in [-0.25, -0.2) is 0 Å². The summed E-state index contributed by atoms with van der Waals surface area (Å²) in [6, 6.07) is 0. The second-order valence-corrected chi connectivity index (χ2v) is 4.46. The van der Waals surface area contributed by atoms with Gasteiger partial charge in [0, 0.05) is 11.4 Å². The Balaban J connectivity index is 3.14. The third-order valence-corrected chi connectivity index (χ3v) is 2.87. The van der Waals surface area contributed by atoms with Crippen molar-refractivity contribution < 1.29 is 17.9 Å². The lowest BCUT2D eigenvalue weighted by atomic mass is 10.2. The molecule has 0 N–H and O–H groups in total. The molecule has 0 aromatic carbocycles. The first-order chi connectivity index (χ1) is 6.45. The van der Waals surface area contributed by atoms with Crippen LogP contribution in [0.3, 0.4) is 0 Å². The molecule has 0 aliphatic rings. The third kappa shape index (κ3) is 10.3. The number of halogens is 4. The van der Waals surface area contributed by atoms with Gasteiger partial charge in [0.1, 0.15) is 6.61 Å². The van der Waals surface area contributed by atoms with Crippen LogP contribution in [-0.4, -0.2) is 24.2 Å². The molecule has 0 spiro atoms. The fourth-order valence-electron chi connectivity index (χ4n) is 0.962. The number of rotatable bonds is 7. The van der Waals surface area contributed by atoms with Crippen LogP contribution in [-0.2, 0) is 4.74 Å².